The number of fused-ring (bicyclic) bond motifs is 1. The van der Waals surface area contributed by atoms with E-state index >= 15 is 0 Å². The molecule has 4 rings (SSSR count). The maximum Gasteiger partial charge on any atom is 0.326 e. The van der Waals surface area contributed by atoms with Crippen LogP contribution in [0.25, 0.3) is 10.9 Å². The summed E-state index contributed by atoms with van der Waals surface area (Å²) in [6.07, 6.45) is -0.108. The molecule has 0 aliphatic heterocycles. The number of benzene rings is 3. The van der Waals surface area contributed by atoms with E-state index in [1.807, 2.05) is 24.3 Å². The Hall–Kier alpha value is -3.81. The minimum absolute atomic E-state index is 0.108. The van der Waals surface area contributed by atoms with Crippen LogP contribution in [-0.2, 0) is 11.2 Å². The number of carbonyl (C=O) groups is 3. The molecule has 0 saturated heterocycles. The zero-order valence-corrected chi connectivity index (χ0v) is 19.2. The van der Waals surface area contributed by atoms with Gasteiger partial charge in [0.05, 0.1) is 11.3 Å². The maximum atomic E-state index is 13.0. The molecule has 7 nitrogen and oxygen atoms in total. The van der Waals surface area contributed by atoms with Gasteiger partial charge >= 0.3 is 5.97 Å². The van der Waals surface area contributed by atoms with E-state index in [-0.39, 0.29) is 17.7 Å². The van der Waals surface area contributed by atoms with Crippen LogP contribution in [0.5, 0.6) is 0 Å². The summed E-state index contributed by atoms with van der Waals surface area (Å²) in [7, 11) is 0. The number of rotatable bonds is 7. The fourth-order valence-corrected chi connectivity index (χ4v) is 4.09. The molecule has 34 heavy (non-hydrogen) atoms. The first-order chi connectivity index (χ1) is 16.3. The smallest absolute Gasteiger partial charge is 0.326 e. The molecule has 1 aromatic heterocycles. The lowest BCUT2D eigenvalue weighted by molar-refractivity contribution is -0.139. The van der Waals surface area contributed by atoms with Crippen LogP contribution in [0.15, 0.2) is 72.8 Å². The molecule has 172 valence electrons. The minimum Gasteiger partial charge on any atom is -0.480 e. The Morgan fingerprint density at radius 3 is 2.26 bits per heavy atom. The number of para-hydroxylation sites is 2. The van der Waals surface area contributed by atoms with Crippen LogP contribution >= 0.6 is 23.2 Å². The van der Waals surface area contributed by atoms with Gasteiger partial charge in [-0.2, -0.15) is 0 Å². The first-order valence-corrected chi connectivity index (χ1v) is 11.0. The van der Waals surface area contributed by atoms with Crippen LogP contribution in [0.2, 0.25) is 10.0 Å². The second kappa shape index (κ2) is 9.99. The number of H-pyrrole nitrogens is 1. The summed E-state index contributed by atoms with van der Waals surface area (Å²) in [5.74, 6) is -2.35. The Labute approximate surface area is 204 Å². The van der Waals surface area contributed by atoms with Crippen molar-refractivity contribution < 1.29 is 19.5 Å². The molecule has 0 saturated carbocycles. The highest BCUT2D eigenvalue weighted by Gasteiger charge is 2.25. The lowest BCUT2D eigenvalue weighted by Crippen LogP contribution is -2.42. The van der Waals surface area contributed by atoms with Crippen molar-refractivity contribution in [3.05, 3.63) is 99.7 Å². The highest BCUT2D eigenvalue weighted by molar-refractivity contribution is 6.36. The third kappa shape index (κ3) is 5.06. The quantitative estimate of drug-likeness (QED) is 0.284. The molecule has 0 aliphatic rings. The van der Waals surface area contributed by atoms with Gasteiger partial charge in [-0.25, -0.2) is 4.79 Å². The van der Waals surface area contributed by atoms with Gasteiger partial charge in [0.25, 0.3) is 11.8 Å². The topological polar surface area (TPSA) is 111 Å². The zero-order chi connectivity index (χ0) is 24.2. The van der Waals surface area contributed by atoms with Gasteiger partial charge in [-0.1, -0.05) is 59.6 Å². The SMILES string of the molecule is O=C(Nc1ccccc1C(=O)NC(Cc1c(Cl)cccc1Cl)C(=O)O)c1cc2ccccc2[nH]1. The van der Waals surface area contributed by atoms with Crippen molar-refractivity contribution in [2.24, 2.45) is 0 Å². The molecule has 4 N–H and O–H groups in total. The Bertz CT molecular complexity index is 1350. The van der Waals surface area contributed by atoms with E-state index in [1.54, 1.807) is 42.5 Å². The van der Waals surface area contributed by atoms with Crippen molar-refractivity contribution in [3.8, 4) is 0 Å². The third-order valence-corrected chi connectivity index (χ3v) is 5.98. The Morgan fingerprint density at radius 2 is 1.56 bits per heavy atom. The van der Waals surface area contributed by atoms with Gasteiger partial charge in [0, 0.05) is 27.4 Å². The van der Waals surface area contributed by atoms with Crippen molar-refractivity contribution in [2.45, 2.75) is 12.5 Å². The van der Waals surface area contributed by atoms with Gasteiger partial charge in [0.15, 0.2) is 0 Å². The van der Waals surface area contributed by atoms with Crippen LogP contribution in [0, 0.1) is 0 Å². The standard InChI is InChI=1S/C25H19Cl2N3O4/c26-17-8-5-9-18(27)16(17)13-22(25(33)34)30-23(31)15-7-2-4-11-20(15)29-24(32)21-12-14-6-1-3-10-19(14)28-21/h1-12,22,28H,13H2,(H,29,32)(H,30,31)(H,33,34). The average molecular weight is 496 g/mol. The summed E-state index contributed by atoms with van der Waals surface area (Å²) >= 11 is 12.3. The van der Waals surface area contributed by atoms with Gasteiger partial charge in [-0.15, -0.1) is 0 Å². The number of aromatic nitrogens is 1. The molecule has 1 heterocycles. The highest BCUT2D eigenvalue weighted by atomic mass is 35.5. The van der Waals surface area contributed by atoms with Crippen molar-refractivity contribution >= 4 is 57.6 Å². The molecular weight excluding hydrogens is 477 g/mol. The minimum atomic E-state index is -1.29. The van der Waals surface area contributed by atoms with Crippen LogP contribution in [0.3, 0.4) is 0 Å². The fraction of sp³-hybridized carbons (Fsp3) is 0.0800. The van der Waals surface area contributed by atoms with E-state index in [9.17, 15) is 19.5 Å². The molecule has 0 radical (unpaired) electrons. The second-order valence-corrected chi connectivity index (χ2v) is 8.35. The molecule has 1 unspecified atom stereocenters. The Morgan fingerprint density at radius 1 is 0.882 bits per heavy atom. The number of aromatic amines is 1. The summed E-state index contributed by atoms with van der Waals surface area (Å²) in [6, 6.07) is 19.1. The molecule has 0 bridgehead atoms. The van der Waals surface area contributed by atoms with Crippen molar-refractivity contribution in [1.82, 2.24) is 10.3 Å². The molecule has 0 spiro atoms. The van der Waals surface area contributed by atoms with E-state index in [0.29, 0.717) is 21.3 Å². The number of aliphatic carboxylic acids is 1. The second-order valence-electron chi connectivity index (χ2n) is 7.54. The van der Waals surface area contributed by atoms with Gasteiger partial charge in [0.2, 0.25) is 0 Å². The third-order valence-electron chi connectivity index (χ3n) is 5.27. The van der Waals surface area contributed by atoms with Crippen molar-refractivity contribution in [2.75, 3.05) is 5.32 Å². The number of carbonyl (C=O) groups excluding carboxylic acids is 2. The zero-order valence-electron chi connectivity index (χ0n) is 17.6. The first-order valence-electron chi connectivity index (χ1n) is 10.3. The molecule has 9 heteroatoms. The van der Waals surface area contributed by atoms with Crippen molar-refractivity contribution in [3.63, 3.8) is 0 Å². The molecule has 0 fully saturated rings. The van der Waals surface area contributed by atoms with Gasteiger partial charge in [0.1, 0.15) is 11.7 Å². The van der Waals surface area contributed by atoms with E-state index in [4.69, 9.17) is 23.2 Å². The largest absolute Gasteiger partial charge is 0.480 e. The average Bonchev–Trinajstić information content (AvgIpc) is 3.25. The number of amides is 2. The fourth-order valence-electron chi connectivity index (χ4n) is 3.54. The van der Waals surface area contributed by atoms with E-state index in [2.05, 4.69) is 15.6 Å². The van der Waals surface area contributed by atoms with Crippen LogP contribution in [0.4, 0.5) is 5.69 Å². The molecule has 2 amide bonds. The van der Waals surface area contributed by atoms with Crippen molar-refractivity contribution in [1.29, 1.82) is 0 Å². The first kappa shape index (κ1) is 23.4. The molecule has 0 aliphatic carbocycles. The number of carboxylic acids is 1. The summed E-state index contributed by atoms with van der Waals surface area (Å²) in [6.45, 7) is 0. The number of hydrogen-bond acceptors (Lipinski definition) is 3. The molecule has 4 aromatic rings. The Balaban J connectivity index is 1.54. The predicted octanol–water partition coefficient (Wildman–Crippen LogP) is 5.15. The molecule has 3 aromatic carbocycles. The summed E-state index contributed by atoms with van der Waals surface area (Å²) in [4.78, 5) is 40.7. The summed E-state index contributed by atoms with van der Waals surface area (Å²) in [5, 5.41) is 16.4. The number of nitrogens with one attached hydrogen (secondary N) is 3. The van der Waals surface area contributed by atoms with Crippen LogP contribution in [0.1, 0.15) is 26.4 Å². The lowest BCUT2D eigenvalue weighted by atomic mass is 10.0. The van der Waals surface area contributed by atoms with Crippen LogP contribution in [-0.4, -0.2) is 33.9 Å². The van der Waals surface area contributed by atoms with Gasteiger partial charge < -0.3 is 20.7 Å². The van der Waals surface area contributed by atoms with E-state index in [0.717, 1.165) is 10.9 Å². The number of halogens is 2. The normalized spacial score (nSPS) is 11.7. The Kier molecular flexibility index (Phi) is 6.86. The number of hydrogen-bond donors (Lipinski definition) is 4. The summed E-state index contributed by atoms with van der Waals surface area (Å²) in [5.41, 5.74) is 1.90. The van der Waals surface area contributed by atoms with Gasteiger partial charge in [-0.3, -0.25) is 9.59 Å². The summed E-state index contributed by atoms with van der Waals surface area (Å²) < 4.78 is 0. The monoisotopic (exact) mass is 495 g/mol. The lowest BCUT2D eigenvalue weighted by Gasteiger charge is -2.17. The van der Waals surface area contributed by atoms with Gasteiger partial charge in [-0.05, 0) is 42.0 Å². The number of carboxylic acid groups (broad SMARTS) is 1. The van der Waals surface area contributed by atoms with E-state index < -0.39 is 23.8 Å². The highest BCUT2D eigenvalue weighted by Crippen LogP contribution is 2.26. The molecule has 1 atom stereocenters. The van der Waals surface area contributed by atoms with E-state index in [1.165, 1.54) is 6.07 Å². The van der Waals surface area contributed by atoms with Crippen LogP contribution < -0.4 is 10.6 Å². The molecular formula is C25H19Cl2N3O4. The maximum absolute atomic E-state index is 13.0. The number of anilines is 1. The predicted molar refractivity (Wildman–Crippen MR) is 132 cm³/mol.